The predicted molar refractivity (Wildman–Crippen MR) is 98.0 cm³/mol. The summed E-state index contributed by atoms with van der Waals surface area (Å²) in [7, 11) is 3.63. The van der Waals surface area contributed by atoms with Crippen molar-refractivity contribution in [2.45, 2.75) is 6.92 Å². The number of aromatic hydroxyl groups is 1. The molecule has 0 aliphatic rings. The van der Waals surface area contributed by atoms with E-state index in [1.54, 1.807) is 23.2 Å². The summed E-state index contributed by atoms with van der Waals surface area (Å²) in [5, 5.41) is 21.5. The zero-order chi connectivity index (χ0) is 18.7. The van der Waals surface area contributed by atoms with Crippen LogP contribution in [0.15, 0.2) is 54.7 Å². The number of tetrazole rings is 1. The second kappa shape index (κ2) is 7.18. The number of hydrogen-bond acceptors (Lipinski definition) is 6. The molecule has 3 aromatic rings. The maximum atomic E-state index is 13.1. The number of phenols is 1. The lowest BCUT2D eigenvalue weighted by atomic mass is 10.0. The third kappa shape index (κ3) is 3.61. The smallest absolute Gasteiger partial charge is 0.198 e. The molecule has 132 valence electrons. The van der Waals surface area contributed by atoms with Gasteiger partial charge in [-0.25, -0.2) is 0 Å². The van der Waals surface area contributed by atoms with E-state index in [4.69, 9.17) is 0 Å². The fraction of sp³-hybridized carbons (Fsp3) is 0.158. The molecule has 0 radical (unpaired) electrons. The first-order chi connectivity index (χ1) is 12.5. The Balaban J connectivity index is 2.09. The number of aryl methyl sites for hydroxylation is 1. The van der Waals surface area contributed by atoms with Crippen molar-refractivity contribution in [2.24, 2.45) is 0 Å². The van der Waals surface area contributed by atoms with Gasteiger partial charge in [0.25, 0.3) is 0 Å². The van der Waals surface area contributed by atoms with Crippen molar-refractivity contribution in [3.8, 4) is 11.4 Å². The number of rotatable bonds is 5. The van der Waals surface area contributed by atoms with Crippen molar-refractivity contribution in [3.05, 3.63) is 71.7 Å². The zero-order valence-corrected chi connectivity index (χ0v) is 14.8. The molecule has 1 aromatic heterocycles. The van der Waals surface area contributed by atoms with Gasteiger partial charge in [0.2, 0.25) is 0 Å². The Labute approximate surface area is 151 Å². The first kappa shape index (κ1) is 17.3. The molecule has 0 saturated carbocycles. The number of allylic oxidation sites excluding steroid dienone is 1. The van der Waals surface area contributed by atoms with Crippen molar-refractivity contribution >= 4 is 11.4 Å². The van der Waals surface area contributed by atoms with E-state index in [0.29, 0.717) is 17.0 Å². The highest BCUT2D eigenvalue weighted by Gasteiger charge is 2.22. The van der Waals surface area contributed by atoms with Crippen LogP contribution in [0.1, 0.15) is 21.7 Å². The average molecular weight is 349 g/mol. The van der Waals surface area contributed by atoms with Gasteiger partial charge in [-0.15, -0.1) is 5.10 Å². The fourth-order valence-electron chi connectivity index (χ4n) is 2.49. The molecule has 2 aromatic carbocycles. The van der Waals surface area contributed by atoms with Crippen molar-refractivity contribution in [3.63, 3.8) is 0 Å². The van der Waals surface area contributed by atoms with Gasteiger partial charge in [-0.3, -0.25) is 4.79 Å². The van der Waals surface area contributed by atoms with Gasteiger partial charge in [0.05, 0.1) is 11.3 Å². The van der Waals surface area contributed by atoms with Crippen LogP contribution in [0.4, 0.5) is 0 Å². The van der Waals surface area contributed by atoms with Gasteiger partial charge in [0, 0.05) is 25.9 Å². The normalized spacial score (nSPS) is 11.4. The molecule has 1 N–H and O–H groups in total. The summed E-state index contributed by atoms with van der Waals surface area (Å²) in [5.41, 5.74) is 2.55. The van der Waals surface area contributed by atoms with E-state index < -0.39 is 0 Å². The van der Waals surface area contributed by atoms with Crippen LogP contribution in [-0.4, -0.2) is 50.1 Å². The lowest BCUT2D eigenvalue weighted by Crippen LogP contribution is -2.13. The lowest BCUT2D eigenvalue weighted by molar-refractivity contribution is 0.105. The second-order valence-corrected chi connectivity index (χ2v) is 6.14. The Morgan fingerprint density at radius 3 is 2.54 bits per heavy atom. The molecule has 0 unspecified atom stereocenters. The summed E-state index contributed by atoms with van der Waals surface area (Å²) < 4.78 is 1.52. The number of ketones is 1. The highest BCUT2D eigenvalue weighted by atomic mass is 16.3. The van der Waals surface area contributed by atoms with Gasteiger partial charge in [0.15, 0.2) is 11.6 Å². The number of carbonyl (C=O) groups excluding carboxylic acids is 1. The summed E-state index contributed by atoms with van der Waals surface area (Å²) in [6, 6.07) is 13.9. The molecule has 0 atom stereocenters. The molecule has 0 aliphatic carbocycles. The first-order valence-corrected chi connectivity index (χ1v) is 8.03. The van der Waals surface area contributed by atoms with Crippen molar-refractivity contribution in [2.75, 3.05) is 14.1 Å². The van der Waals surface area contributed by atoms with E-state index in [1.807, 2.05) is 45.3 Å². The third-order valence-corrected chi connectivity index (χ3v) is 3.73. The third-order valence-electron chi connectivity index (χ3n) is 3.73. The maximum absolute atomic E-state index is 13.1. The largest absolute Gasteiger partial charge is 0.508 e. The minimum atomic E-state index is -0.280. The Hall–Kier alpha value is -3.48. The van der Waals surface area contributed by atoms with Crippen molar-refractivity contribution in [1.29, 1.82) is 0 Å². The number of hydrogen-bond donors (Lipinski definition) is 1. The van der Waals surface area contributed by atoms with Gasteiger partial charge in [-0.05, 0) is 41.6 Å². The first-order valence-electron chi connectivity index (χ1n) is 8.03. The van der Waals surface area contributed by atoms with Gasteiger partial charge in [-0.2, -0.15) is 4.68 Å². The molecular weight excluding hydrogens is 330 g/mol. The van der Waals surface area contributed by atoms with Gasteiger partial charge >= 0.3 is 0 Å². The molecule has 7 nitrogen and oxygen atoms in total. The molecule has 26 heavy (non-hydrogen) atoms. The summed E-state index contributed by atoms with van der Waals surface area (Å²) in [6.45, 7) is 1.99. The van der Waals surface area contributed by atoms with Crippen molar-refractivity contribution in [1.82, 2.24) is 25.1 Å². The molecule has 0 aliphatic heterocycles. The number of aromatic nitrogens is 4. The van der Waals surface area contributed by atoms with Crippen LogP contribution in [0, 0.1) is 6.92 Å². The zero-order valence-electron chi connectivity index (χ0n) is 14.8. The summed E-state index contributed by atoms with van der Waals surface area (Å²) in [5.74, 6) is 0.0758. The molecule has 0 saturated heterocycles. The molecule has 3 rings (SSSR count). The quantitative estimate of drug-likeness (QED) is 0.563. The van der Waals surface area contributed by atoms with Crippen LogP contribution in [-0.2, 0) is 0 Å². The molecule has 0 bridgehead atoms. The highest BCUT2D eigenvalue weighted by molar-refractivity contribution is 6.28. The Kier molecular flexibility index (Phi) is 4.79. The molecule has 0 spiro atoms. The van der Waals surface area contributed by atoms with Crippen LogP contribution < -0.4 is 0 Å². The number of Topliss-reactive ketones (excluding diaryl/α,β-unsaturated/α-hetero) is 1. The Morgan fingerprint density at radius 1 is 1.15 bits per heavy atom. The minimum Gasteiger partial charge on any atom is -0.508 e. The SMILES string of the molecule is Cc1ccc(-n2nnnc2C(=CN(C)C)C(=O)c2cccc(O)c2)cc1. The average Bonchev–Trinajstić information content (AvgIpc) is 3.09. The van der Waals surface area contributed by atoms with E-state index in [2.05, 4.69) is 15.5 Å². The topological polar surface area (TPSA) is 84.1 Å². The second-order valence-electron chi connectivity index (χ2n) is 6.14. The van der Waals surface area contributed by atoms with Crippen LogP contribution in [0.5, 0.6) is 5.75 Å². The number of benzene rings is 2. The predicted octanol–water partition coefficient (Wildman–Crippen LogP) is 2.46. The molecule has 0 amide bonds. The number of nitrogens with zero attached hydrogens (tertiary/aromatic N) is 5. The summed E-state index contributed by atoms with van der Waals surface area (Å²) >= 11 is 0. The number of phenolic OH excluding ortho intramolecular Hbond substituents is 1. The van der Waals surface area contributed by atoms with Gasteiger partial charge in [-0.1, -0.05) is 29.8 Å². The lowest BCUT2D eigenvalue weighted by Gasteiger charge is -2.12. The monoisotopic (exact) mass is 349 g/mol. The Morgan fingerprint density at radius 2 is 1.88 bits per heavy atom. The standard InChI is InChI=1S/C19H19N5O2/c1-13-7-9-15(10-8-13)24-19(20-21-22-24)17(12-23(2)3)18(26)14-5-4-6-16(25)11-14/h4-12,25H,1-3H3. The number of carbonyl (C=O) groups is 1. The minimum absolute atomic E-state index is 0.0261. The molecule has 1 heterocycles. The van der Waals surface area contributed by atoms with Gasteiger partial charge in [0.1, 0.15) is 5.75 Å². The van der Waals surface area contributed by atoms with Crippen molar-refractivity contribution < 1.29 is 9.90 Å². The summed E-state index contributed by atoms with van der Waals surface area (Å²) in [4.78, 5) is 14.8. The fourth-order valence-corrected chi connectivity index (χ4v) is 2.49. The maximum Gasteiger partial charge on any atom is 0.198 e. The molecule has 0 fully saturated rings. The molecule has 7 heteroatoms. The Bertz CT molecular complexity index is 958. The van der Waals surface area contributed by atoms with E-state index in [-0.39, 0.29) is 11.5 Å². The van der Waals surface area contributed by atoms with Crippen LogP contribution in [0.3, 0.4) is 0 Å². The summed E-state index contributed by atoms with van der Waals surface area (Å²) in [6.07, 6.45) is 1.67. The van der Waals surface area contributed by atoms with Crippen LogP contribution in [0.25, 0.3) is 11.3 Å². The molecular formula is C19H19N5O2. The van der Waals surface area contributed by atoms with E-state index in [9.17, 15) is 9.90 Å². The highest BCUT2D eigenvalue weighted by Crippen LogP contribution is 2.22. The van der Waals surface area contributed by atoms with E-state index in [1.165, 1.54) is 16.8 Å². The van der Waals surface area contributed by atoms with E-state index in [0.717, 1.165) is 11.3 Å². The van der Waals surface area contributed by atoms with Gasteiger partial charge < -0.3 is 10.0 Å². The van der Waals surface area contributed by atoms with E-state index >= 15 is 0 Å². The van der Waals surface area contributed by atoms with Crippen LogP contribution >= 0.6 is 0 Å². The van der Waals surface area contributed by atoms with Crippen LogP contribution in [0.2, 0.25) is 0 Å².